The van der Waals surface area contributed by atoms with E-state index in [2.05, 4.69) is 20.8 Å². The van der Waals surface area contributed by atoms with Crippen LogP contribution in [0.3, 0.4) is 0 Å². The van der Waals surface area contributed by atoms with E-state index < -0.39 is 36.2 Å². The predicted molar refractivity (Wildman–Crippen MR) is 141 cm³/mol. The summed E-state index contributed by atoms with van der Waals surface area (Å²) in [6, 6.07) is 4.59. The smallest absolute Gasteiger partial charge is 0.322 e. The van der Waals surface area contributed by atoms with Gasteiger partial charge < -0.3 is 15.4 Å². The molecular formula is C28H33F2N7O4. The number of carbonyl (C=O) groups is 3. The van der Waals surface area contributed by atoms with Gasteiger partial charge in [0.05, 0.1) is 37.3 Å². The largest absolute Gasteiger partial charge is 0.468 e. The van der Waals surface area contributed by atoms with E-state index in [9.17, 15) is 23.2 Å². The van der Waals surface area contributed by atoms with Crippen LogP contribution in [0.15, 0.2) is 30.6 Å². The molecule has 41 heavy (non-hydrogen) atoms. The van der Waals surface area contributed by atoms with Gasteiger partial charge in [0.2, 0.25) is 5.91 Å². The fourth-order valence-corrected chi connectivity index (χ4v) is 6.28. The standard InChI is InChI=1S/C28H33F2N7O4/c1-3-36-20(10-11-32-36)24(38)34-23(22(16-4-5-16)17-6-7-17)19-13-37-21(33-19)9-8-18(35-37)12-27(26(40)41-2)14-28(29,30)15-31-25(27)39/h8-11,13,16-17,22-23H,3-7,12,14-15H2,1-2H3,(H,31,39)(H,34,38). The zero-order chi connectivity index (χ0) is 28.9. The molecule has 2 unspecified atom stereocenters. The first-order valence-electron chi connectivity index (χ1n) is 14.1. The van der Waals surface area contributed by atoms with E-state index in [1.54, 1.807) is 35.3 Å². The first-order valence-corrected chi connectivity index (χ1v) is 14.1. The van der Waals surface area contributed by atoms with Gasteiger partial charge in [-0.3, -0.25) is 19.1 Å². The number of methoxy groups -OCH3 is 1. The maximum atomic E-state index is 14.4. The zero-order valence-corrected chi connectivity index (χ0v) is 23.0. The minimum Gasteiger partial charge on any atom is -0.468 e. The summed E-state index contributed by atoms with van der Waals surface area (Å²) in [6.45, 7) is 1.65. The lowest BCUT2D eigenvalue weighted by Crippen LogP contribution is -2.59. The lowest BCUT2D eigenvalue weighted by molar-refractivity contribution is -0.172. The van der Waals surface area contributed by atoms with E-state index in [1.807, 2.05) is 6.92 Å². The molecule has 2 atom stereocenters. The SMILES string of the molecule is CCn1nccc1C(=O)NC(c1cn2nc(CC3(C(=O)OC)CC(F)(F)CNC3=O)ccc2n1)C(C1CC1)C1CC1. The number of carbonyl (C=O) groups excluding carboxylic acids is 3. The summed E-state index contributed by atoms with van der Waals surface area (Å²) in [5.74, 6) is -4.10. The normalized spacial score (nSPS) is 22.9. The number of hydrogen-bond donors (Lipinski definition) is 2. The molecule has 2 aliphatic carbocycles. The number of aryl methyl sites for hydroxylation is 1. The molecule has 13 heteroatoms. The maximum absolute atomic E-state index is 14.4. The van der Waals surface area contributed by atoms with Gasteiger partial charge in [0.1, 0.15) is 5.69 Å². The number of amides is 2. The number of rotatable bonds is 10. The van der Waals surface area contributed by atoms with Crippen LogP contribution in [0.2, 0.25) is 0 Å². The minimum absolute atomic E-state index is 0.226. The van der Waals surface area contributed by atoms with Crippen molar-refractivity contribution in [2.24, 2.45) is 23.2 Å². The van der Waals surface area contributed by atoms with Crippen LogP contribution < -0.4 is 10.6 Å². The van der Waals surface area contributed by atoms with Gasteiger partial charge in [0.15, 0.2) is 11.1 Å². The highest BCUT2D eigenvalue weighted by Gasteiger charge is 2.57. The number of aromatic nitrogens is 5. The Labute approximate surface area is 235 Å². The molecule has 3 aromatic rings. The molecule has 3 fully saturated rings. The molecule has 3 aliphatic rings. The number of esters is 1. The van der Waals surface area contributed by atoms with E-state index in [0.717, 1.165) is 32.8 Å². The van der Waals surface area contributed by atoms with Crippen LogP contribution in [0.1, 0.15) is 66.9 Å². The van der Waals surface area contributed by atoms with Gasteiger partial charge in [0, 0.05) is 25.6 Å². The summed E-state index contributed by atoms with van der Waals surface area (Å²) in [5, 5.41) is 14.2. The lowest BCUT2D eigenvalue weighted by Gasteiger charge is -2.37. The zero-order valence-electron chi connectivity index (χ0n) is 23.0. The van der Waals surface area contributed by atoms with Crippen LogP contribution in [0.5, 0.6) is 0 Å². The molecule has 0 aromatic carbocycles. The average Bonchev–Trinajstić information content (AvgIpc) is 3.88. The van der Waals surface area contributed by atoms with Crippen LogP contribution in [0.4, 0.5) is 8.78 Å². The van der Waals surface area contributed by atoms with E-state index in [4.69, 9.17) is 9.72 Å². The van der Waals surface area contributed by atoms with E-state index in [0.29, 0.717) is 35.4 Å². The first-order chi connectivity index (χ1) is 19.6. The lowest BCUT2D eigenvalue weighted by atomic mass is 9.74. The second-order valence-corrected chi connectivity index (χ2v) is 11.5. The number of nitrogens with zero attached hydrogens (tertiary/aromatic N) is 5. The minimum atomic E-state index is -3.27. The Kier molecular flexibility index (Phi) is 6.77. The fraction of sp³-hybridized carbons (Fsp3) is 0.571. The number of piperidine rings is 1. The molecule has 6 rings (SSSR count). The van der Waals surface area contributed by atoms with Crippen LogP contribution in [0, 0.1) is 23.2 Å². The molecule has 218 valence electrons. The molecule has 0 radical (unpaired) electrons. The number of fused-ring (bicyclic) bond motifs is 1. The second-order valence-electron chi connectivity index (χ2n) is 11.5. The quantitative estimate of drug-likeness (QED) is 0.283. The Morgan fingerprint density at radius 3 is 2.59 bits per heavy atom. The second kappa shape index (κ2) is 10.2. The van der Waals surface area contributed by atoms with E-state index in [1.165, 1.54) is 4.52 Å². The van der Waals surface area contributed by atoms with Gasteiger partial charge in [-0.1, -0.05) is 0 Å². The molecule has 11 nitrogen and oxygen atoms in total. The Morgan fingerprint density at radius 2 is 1.93 bits per heavy atom. The first kappa shape index (κ1) is 27.3. The van der Waals surface area contributed by atoms with Crippen molar-refractivity contribution in [2.75, 3.05) is 13.7 Å². The predicted octanol–water partition coefficient (Wildman–Crippen LogP) is 2.71. The topological polar surface area (TPSA) is 133 Å². The third-order valence-electron chi connectivity index (χ3n) is 8.53. The average molecular weight is 570 g/mol. The molecular weight excluding hydrogens is 536 g/mol. The number of imidazole rings is 1. The van der Waals surface area contributed by atoms with Crippen molar-refractivity contribution >= 4 is 23.4 Å². The summed E-state index contributed by atoms with van der Waals surface area (Å²) in [6.07, 6.45) is 6.44. The summed E-state index contributed by atoms with van der Waals surface area (Å²) in [7, 11) is 1.07. The third-order valence-corrected chi connectivity index (χ3v) is 8.53. The summed E-state index contributed by atoms with van der Waals surface area (Å²) < 4.78 is 36.7. The molecule has 4 heterocycles. The van der Waals surface area contributed by atoms with Crippen LogP contribution >= 0.6 is 0 Å². The summed E-state index contributed by atoms with van der Waals surface area (Å²) in [4.78, 5) is 43.7. The van der Waals surface area contributed by atoms with E-state index >= 15 is 0 Å². The van der Waals surface area contributed by atoms with Crippen molar-refractivity contribution in [3.63, 3.8) is 0 Å². The number of alkyl halides is 2. The van der Waals surface area contributed by atoms with Crippen LogP contribution in [0.25, 0.3) is 5.65 Å². The molecule has 2 amide bonds. The van der Waals surface area contributed by atoms with Crippen molar-refractivity contribution in [3.8, 4) is 0 Å². The van der Waals surface area contributed by atoms with Gasteiger partial charge in [0.25, 0.3) is 11.8 Å². The number of ether oxygens (including phenoxy) is 1. The van der Waals surface area contributed by atoms with Crippen molar-refractivity contribution in [2.45, 2.75) is 64.0 Å². The molecule has 1 saturated heterocycles. The van der Waals surface area contributed by atoms with E-state index in [-0.39, 0.29) is 30.0 Å². The van der Waals surface area contributed by atoms with Gasteiger partial charge in [-0.2, -0.15) is 10.2 Å². The van der Waals surface area contributed by atoms with Gasteiger partial charge in [-0.25, -0.2) is 18.3 Å². The van der Waals surface area contributed by atoms with Gasteiger partial charge in [-0.05, 0) is 68.6 Å². The Bertz CT molecular complexity index is 1470. The highest BCUT2D eigenvalue weighted by Crippen LogP contribution is 2.54. The Balaban J connectivity index is 1.33. The van der Waals surface area contributed by atoms with Gasteiger partial charge >= 0.3 is 5.97 Å². The van der Waals surface area contributed by atoms with Crippen LogP contribution in [-0.2, 0) is 27.3 Å². The highest BCUT2D eigenvalue weighted by atomic mass is 19.3. The Morgan fingerprint density at radius 1 is 1.20 bits per heavy atom. The molecule has 0 spiro atoms. The van der Waals surface area contributed by atoms with Crippen LogP contribution in [-0.4, -0.2) is 61.7 Å². The fourth-order valence-electron chi connectivity index (χ4n) is 6.28. The maximum Gasteiger partial charge on any atom is 0.322 e. The number of nitrogens with one attached hydrogen (secondary N) is 2. The summed E-state index contributed by atoms with van der Waals surface area (Å²) in [5.41, 5.74) is -0.227. The molecule has 2 N–H and O–H groups in total. The van der Waals surface area contributed by atoms with Crippen molar-refractivity contribution in [3.05, 3.63) is 47.7 Å². The number of hydrogen-bond acceptors (Lipinski definition) is 7. The highest BCUT2D eigenvalue weighted by molar-refractivity contribution is 6.03. The molecule has 2 saturated carbocycles. The van der Waals surface area contributed by atoms with Crippen molar-refractivity contribution < 1.29 is 27.9 Å². The Hall–Kier alpha value is -3.90. The molecule has 1 aliphatic heterocycles. The van der Waals surface area contributed by atoms with Crippen molar-refractivity contribution in [1.82, 2.24) is 35.0 Å². The number of halogens is 2. The molecule has 3 aromatic heterocycles. The van der Waals surface area contributed by atoms with Gasteiger partial charge in [-0.15, -0.1) is 0 Å². The monoisotopic (exact) mass is 569 g/mol. The molecule has 0 bridgehead atoms. The summed E-state index contributed by atoms with van der Waals surface area (Å²) >= 11 is 0. The van der Waals surface area contributed by atoms with Crippen molar-refractivity contribution in [1.29, 1.82) is 0 Å². The third kappa shape index (κ3) is 5.17.